The van der Waals surface area contributed by atoms with Crippen LogP contribution in [0.15, 0.2) is 48.5 Å². The van der Waals surface area contributed by atoms with Gasteiger partial charge in [0.15, 0.2) is 0 Å². The van der Waals surface area contributed by atoms with Gasteiger partial charge in [-0.25, -0.2) is 8.78 Å². The number of halogens is 2. The summed E-state index contributed by atoms with van der Waals surface area (Å²) < 4.78 is 27.6. The second-order valence-electron chi connectivity index (χ2n) is 7.03. The van der Waals surface area contributed by atoms with Crippen molar-refractivity contribution in [2.75, 3.05) is 13.1 Å². The third-order valence-corrected chi connectivity index (χ3v) is 4.85. The van der Waals surface area contributed by atoms with Crippen LogP contribution in [0.25, 0.3) is 0 Å². The Bertz CT molecular complexity index is 655. The minimum atomic E-state index is -0.456. The van der Waals surface area contributed by atoms with Gasteiger partial charge in [-0.05, 0) is 50.4 Å². The van der Waals surface area contributed by atoms with E-state index in [1.807, 2.05) is 13.0 Å². The molecule has 1 heterocycles. The van der Waals surface area contributed by atoms with Gasteiger partial charge in [-0.3, -0.25) is 4.90 Å². The van der Waals surface area contributed by atoms with Gasteiger partial charge in [-0.15, -0.1) is 0 Å². The summed E-state index contributed by atoms with van der Waals surface area (Å²) in [7, 11) is 0. The van der Waals surface area contributed by atoms with Crippen LogP contribution in [-0.4, -0.2) is 30.1 Å². The molecule has 0 aliphatic carbocycles. The van der Waals surface area contributed by atoms with Crippen molar-refractivity contribution >= 4 is 0 Å². The SMILES string of the molecule is CC(Cc1c(F)cccc1F)NC1CCCN(Cc2ccccc2)C1. The van der Waals surface area contributed by atoms with Crippen molar-refractivity contribution in [1.29, 1.82) is 0 Å². The molecule has 2 aromatic rings. The first-order valence-electron chi connectivity index (χ1n) is 9.07. The molecule has 1 fully saturated rings. The summed E-state index contributed by atoms with van der Waals surface area (Å²) in [5.41, 5.74) is 1.50. The minimum Gasteiger partial charge on any atom is -0.310 e. The molecular formula is C21H26F2N2. The number of hydrogen-bond donors (Lipinski definition) is 1. The van der Waals surface area contributed by atoms with Gasteiger partial charge >= 0.3 is 0 Å². The van der Waals surface area contributed by atoms with E-state index in [0.29, 0.717) is 12.5 Å². The van der Waals surface area contributed by atoms with Crippen LogP contribution in [0.1, 0.15) is 30.9 Å². The Balaban J connectivity index is 1.53. The Labute approximate surface area is 148 Å². The van der Waals surface area contributed by atoms with Crippen LogP contribution < -0.4 is 5.32 Å². The maximum Gasteiger partial charge on any atom is 0.129 e. The largest absolute Gasteiger partial charge is 0.310 e. The van der Waals surface area contributed by atoms with Crippen molar-refractivity contribution < 1.29 is 8.78 Å². The van der Waals surface area contributed by atoms with Crippen LogP contribution in [0.5, 0.6) is 0 Å². The van der Waals surface area contributed by atoms with Crippen molar-refractivity contribution in [2.45, 2.75) is 44.8 Å². The quantitative estimate of drug-likeness (QED) is 0.847. The third kappa shape index (κ3) is 5.10. The molecule has 1 aliphatic rings. The van der Waals surface area contributed by atoms with E-state index in [4.69, 9.17) is 0 Å². The van der Waals surface area contributed by atoms with Crippen molar-refractivity contribution in [3.8, 4) is 0 Å². The molecule has 0 aromatic heterocycles. The molecule has 0 amide bonds. The maximum atomic E-state index is 13.8. The van der Waals surface area contributed by atoms with E-state index in [9.17, 15) is 8.78 Å². The smallest absolute Gasteiger partial charge is 0.129 e. The highest BCUT2D eigenvalue weighted by molar-refractivity contribution is 5.20. The Hall–Kier alpha value is -1.78. The molecule has 0 saturated carbocycles. The number of likely N-dealkylation sites (tertiary alicyclic amines) is 1. The predicted molar refractivity (Wildman–Crippen MR) is 97.4 cm³/mol. The zero-order valence-corrected chi connectivity index (χ0v) is 14.7. The lowest BCUT2D eigenvalue weighted by Gasteiger charge is -2.35. The van der Waals surface area contributed by atoms with E-state index in [1.54, 1.807) is 0 Å². The summed E-state index contributed by atoms with van der Waals surface area (Å²) >= 11 is 0. The zero-order chi connectivity index (χ0) is 17.6. The molecule has 2 atom stereocenters. The number of nitrogens with zero attached hydrogens (tertiary/aromatic N) is 1. The topological polar surface area (TPSA) is 15.3 Å². The summed E-state index contributed by atoms with van der Waals surface area (Å²) in [5, 5.41) is 3.56. The maximum absolute atomic E-state index is 13.8. The van der Waals surface area contributed by atoms with Gasteiger partial charge in [0, 0.05) is 30.7 Å². The first-order chi connectivity index (χ1) is 12.1. The molecule has 1 N–H and O–H groups in total. The van der Waals surface area contributed by atoms with Crippen molar-refractivity contribution in [3.05, 3.63) is 71.3 Å². The van der Waals surface area contributed by atoms with Crippen LogP contribution in [-0.2, 0) is 13.0 Å². The van der Waals surface area contributed by atoms with E-state index < -0.39 is 11.6 Å². The molecule has 4 heteroatoms. The summed E-state index contributed by atoms with van der Waals surface area (Å²) in [6, 6.07) is 14.9. The van der Waals surface area contributed by atoms with Crippen molar-refractivity contribution in [3.63, 3.8) is 0 Å². The van der Waals surface area contributed by atoms with Crippen LogP contribution in [0.4, 0.5) is 8.78 Å². The lowest BCUT2D eigenvalue weighted by molar-refractivity contribution is 0.177. The van der Waals surface area contributed by atoms with Gasteiger partial charge < -0.3 is 5.32 Å². The highest BCUT2D eigenvalue weighted by Gasteiger charge is 2.22. The van der Waals surface area contributed by atoms with E-state index in [-0.39, 0.29) is 11.6 Å². The molecule has 2 unspecified atom stereocenters. The fourth-order valence-corrected chi connectivity index (χ4v) is 3.67. The third-order valence-electron chi connectivity index (χ3n) is 4.85. The van der Waals surface area contributed by atoms with Crippen LogP contribution in [0.3, 0.4) is 0 Å². The average molecular weight is 344 g/mol. The first-order valence-corrected chi connectivity index (χ1v) is 9.07. The molecule has 134 valence electrons. The second-order valence-corrected chi connectivity index (χ2v) is 7.03. The predicted octanol–water partition coefficient (Wildman–Crippen LogP) is 4.15. The highest BCUT2D eigenvalue weighted by Crippen LogP contribution is 2.17. The molecule has 1 aliphatic heterocycles. The van der Waals surface area contributed by atoms with E-state index in [0.717, 1.165) is 32.5 Å². The van der Waals surface area contributed by atoms with E-state index >= 15 is 0 Å². The Morgan fingerprint density at radius 3 is 2.52 bits per heavy atom. The number of nitrogens with one attached hydrogen (secondary N) is 1. The van der Waals surface area contributed by atoms with Gasteiger partial charge in [0.25, 0.3) is 0 Å². The summed E-state index contributed by atoms with van der Waals surface area (Å²) in [6.45, 7) is 5.03. The highest BCUT2D eigenvalue weighted by atomic mass is 19.1. The van der Waals surface area contributed by atoms with E-state index in [1.165, 1.54) is 23.8 Å². The van der Waals surface area contributed by atoms with Crippen LogP contribution in [0.2, 0.25) is 0 Å². The molecule has 3 rings (SSSR count). The molecule has 2 nitrogen and oxygen atoms in total. The van der Waals surface area contributed by atoms with Crippen LogP contribution >= 0.6 is 0 Å². The second kappa shape index (κ2) is 8.54. The Morgan fingerprint density at radius 1 is 1.08 bits per heavy atom. The molecular weight excluding hydrogens is 318 g/mol. The molecule has 2 aromatic carbocycles. The molecule has 25 heavy (non-hydrogen) atoms. The fraction of sp³-hybridized carbons (Fsp3) is 0.429. The summed E-state index contributed by atoms with van der Waals surface area (Å²) in [6.07, 6.45) is 2.62. The van der Waals surface area contributed by atoms with Crippen LogP contribution in [0, 0.1) is 11.6 Å². The standard InChI is InChI=1S/C21H26F2N2/c1-16(13-19-20(22)10-5-11-21(19)23)24-18-9-6-12-25(15-18)14-17-7-3-2-4-8-17/h2-5,7-8,10-11,16,18,24H,6,9,12-15H2,1H3. The molecule has 0 spiro atoms. The molecule has 0 radical (unpaired) electrons. The number of benzene rings is 2. The lowest BCUT2D eigenvalue weighted by Crippen LogP contribution is -2.48. The monoisotopic (exact) mass is 344 g/mol. The minimum absolute atomic E-state index is 0.0353. The average Bonchev–Trinajstić information content (AvgIpc) is 2.59. The number of rotatable bonds is 6. The van der Waals surface area contributed by atoms with Gasteiger partial charge in [-0.1, -0.05) is 36.4 Å². The van der Waals surface area contributed by atoms with Gasteiger partial charge in [0.2, 0.25) is 0 Å². The number of hydrogen-bond acceptors (Lipinski definition) is 2. The Kier molecular flexibility index (Phi) is 6.16. The summed E-state index contributed by atoms with van der Waals surface area (Å²) in [4.78, 5) is 2.45. The van der Waals surface area contributed by atoms with Crippen molar-refractivity contribution in [2.24, 2.45) is 0 Å². The summed E-state index contributed by atoms with van der Waals surface area (Å²) in [5.74, 6) is -0.911. The Morgan fingerprint density at radius 2 is 1.80 bits per heavy atom. The number of piperidine rings is 1. The zero-order valence-electron chi connectivity index (χ0n) is 14.7. The van der Waals surface area contributed by atoms with E-state index in [2.05, 4.69) is 34.5 Å². The molecule has 0 bridgehead atoms. The van der Waals surface area contributed by atoms with Gasteiger partial charge in [-0.2, -0.15) is 0 Å². The lowest BCUT2D eigenvalue weighted by atomic mass is 10.0. The normalized spacial score (nSPS) is 19.7. The molecule has 1 saturated heterocycles. The van der Waals surface area contributed by atoms with Gasteiger partial charge in [0.1, 0.15) is 11.6 Å². The van der Waals surface area contributed by atoms with Gasteiger partial charge in [0.05, 0.1) is 0 Å². The first kappa shape index (κ1) is 18.0. The van der Waals surface area contributed by atoms with Crippen molar-refractivity contribution in [1.82, 2.24) is 10.2 Å². The fourth-order valence-electron chi connectivity index (χ4n) is 3.67.